The molecule has 1 fully saturated rings. The van der Waals surface area contributed by atoms with E-state index in [2.05, 4.69) is 0 Å². The second-order valence-electron chi connectivity index (χ2n) is 5.21. The van der Waals surface area contributed by atoms with Crippen LogP contribution in [0.15, 0.2) is 41.3 Å². The zero-order chi connectivity index (χ0) is 16.6. The number of carbonyl (C=O) groups excluding carboxylic acids is 1. The van der Waals surface area contributed by atoms with Gasteiger partial charge in [0.25, 0.3) is 10.1 Å². The Kier molecular flexibility index (Phi) is 5.90. The van der Waals surface area contributed by atoms with Gasteiger partial charge in [0.2, 0.25) is 0 Å². The molecule has 1 saturated heterocycles. The molecule has 1 heterocycles. The SMILES string of the molecule is COCC1CN(c2ccc3c(S(=O)(=O)O)cccc3c2)C(=O)O1.[H-].[Na+]. The molecule has 2 aromatic rings. The summed E-state index contributed by atoms with van der Waals surface area (Å²) in [6.45, 7) is 0.666. The van der Waals surface area contributed by atoms with Crippen LogP contribution in [0.25, 0.3) is 10.8 Å². The van der Waals surface area contributed by atoms with Gasteiger partial charge in [-0.15, -0.1) is 0 Å². The number of nitrogens with zero attached hydrogens (tertiary/aromatic N) is 1. The second-order valence-corrected chi connectivity index (χ2v) is 6.60. The average Bonchev–Trinajstić information content (AvgIpc) is 2.86. The molecule has 124 valence electrons. The maximum atomic E-state index is 11.9. The molecular formula is C15H16NNaO6S. The summed E-state index contributed by atoms with van der Waals surface area (Å²) in [5.74, 6) is 0. The van der Waals surface area contributed by atoms with Gasteiger partial charge in [0.15, 0.2) is 0 Å². The van der Waals surface area contributed by atoms with Crippen LogP contribution in [-0.4, -0.2) is 45.4 Å². The molecule has 1 unspecified atom stereocenters. The van der Waals surface area contributed by atoms with Gasteiger partial charge >= 0.3 is 35.7 Å². The number of ether oxygens (including phenoxy) is 2. The largest absolute Gasteiger partial charge is 1.00 e. The van der Waals surface area contributed by atoms with Gasteiger partial charge in [0, 0.05) is 18.2 Å². The summed E-state index contributed by atoms with van der Waals surface area (Å²) in [4.78, 5) is 13.2. The molecule has 0 radical (unpaired) electrons. The van der Waals surface area contributed by atoms with Crippen molar-refractivity contribution < 1.29 is 58.2 Å². The Morgan fingerprint density at radius 2 is 2.12 bits per heavy atom. The molecule has 1 amide bonds. The van der Waals surface area contributed by atoms with Crippen molar-refractivity contribution in [3.63, 3.8) is 0 Å². The van der Waals surface area contributed by atoms with Gasteiger partial charge in [-0.3, -0.25) is 9.45 Å². The zero-order valence-electron chi connectivity index (χ0n) is 14.3. The van der Waals surface area contributed by atoms with Crippen LogP contribution in [0, 0.1) is 0 Å². The third-order valence-electron chi connectivity index (χ3n) is 3.64. The number of hydrogen-bond acceptors (Lipinski definition) is 5. The van der Waals surface area contributed by atoms with Crippen LogP contribution in [0.4, 0.5) is 10.5 Å². The fraction of sp³-hybridized carbons (Fsp3) is 0.267. The predicted octanol–water partition coefficient (Wildman–Crippen LogP) is -0.825. The van der Waals surface area contributed by atoms with Crippen LogP contribution >= 0.6 is 0 Å². The fourth-order valence-corrected chi connectivity index (χ4v) is 3.35. The van der Waals surface area contributed by atoms with Crippen molar-refractivity contribution in [1.29, 1.82) is 0 Å². The van der Waals surface area contributed by atoms with Crippen LogP contribution in [-0.2, 0) is 19.6 Å². The molecule has 0 bridgehead atoms. The van der Waals surface area contributed by atoms with Crippen molar-refractivity contribution in [2.75, 3.05) is 25.2 Å². The van der Waals surface area contributed by atoms with Gasteiger partial charge in [0.05, 0.1) is 13.2 Å². The van der Waals surface area contributed by atoms with E-state index in [1.807, 2.05) is 0 Å². The number of benzene rings is 2. The second kappa shape index (κ2) is 7.38. The summed E-state index contributed by atoms with van der Waals surface area (Å²) in [6, 6.07) is 9.43. The molecule has 0 spiro atoms. The number of hydrogen-bond donors (Lipinski definition) is 1. The molecule has 0 saturated carbocycles. The molecule has 1 atom stereocenters. The van der Waals surface area contributed by atoms with E-state index in [-0.39, 0.29) is 42.0 Å². The van der Waals surface area contributed by atoms with Crippen molar-refractivity contribution >= 4 is 32.7 Å². The van der Waals surface area contributed by atoms with Gasteiger partial charge in [-0.25, -0.2) is 4.79 Å². The average molecular weight is 361 g/mol. The van der Waals surface area contributed by atoms with Crippen molar-refractivity contribution in [2.24, 2.45) is 0 Å². The van der Waals surface area contributed by atoms with Crippen LogP contribution in [0.1, 0.15) is 1.43 Å². The van der Waals surface area contributed by atoms with Crippen molar-refractivity contribution in [3.05, 3.63) is 36.4 Å². The molecule has 9 heteroatoms. The summed E-state index contributed by atoms with van der Waals surface area (Å²) in [5.41, 5.74) is 0.591. The Hall–Kier alpha value is -1.16. The molecule has 7 nitrogen and oxygen atoms in total. The van der Waals surface area contributed by atoms with Gasteiger partial charge in [0.1, 0.15) is 11.0 Å². The van der Waals surface area contributed by atoms with Crippen LogP contribution in [0.5, 0.6) is 0 Å². The van der Waals surface area contributed by atoms with Gasteiger partial charge < -0.3 is 10.9 Å². The zero-order valence-corrected chi connectivity index (χ0v) is 16.1. The Labute approximate surface area is 163 Å². The number of fused-ring (bicyclic) bond motifs is 1. The van der Waals surface area contributed by atoms with E-state index >= 15 is 0 Å². The molecular weight excluding hydrogens is 345 g/mol. The molecule has 0 aliphatic carbocycles. The Morgan fingerprint density at radius 1 is 1.38 bits per heavy atom. The van der Waals surface area contributed by atoms with E-state index in [9.17, 15) is 17.8 Å². The number of anilines is 1. The summed E-state index contributed by atoms with van der Waals surface area (Å²) in [6.07, 6.45) is -0.815. The number of methoxy groups -OCH3 is 1. The summed E-state index contributed by atoms with van der Waals surface area (Å²) < 4.78 is 42.3. The molecule has 1 aliphatic rings. The molecule has 0 aromatic heterocycles. The predicted molar refractivity (Wildman–Crippen MR) is 84.4 cm³/mol. The quantitative estimate of drug-likeness (QED) is 0.565. The number of rotatable bonds is 4. The van der Waals surface area contributed by atoms with E-state index in [0.717, 1.165) is 0 Å². The third-order valence-corrected chi connectivity index (χ3v) is 4.55. The van der Waals surface area contributed by atoms with Crippen molar-refractivity contribution in [3.8, 4) is 0 Å². The minimum atomic E-state index is -4.31. The first-order valence-electron chi connectivity index (χ1n) is 6.87. The summed E-state index contributed by atoms with van der Waals surface area (Å²) >= 11 is 0. The number of amides is 1. The smallest absolute Gasteiger partial charge is 1.00 e. The number of cyclic esters (lactones) is 1. The van der Waals surface area contributed by atoms with Gasteiger partial charge in [-0.05, 0) is 23.6 Å². The minimum absolute atomic E-state index is 0. The Morgan fingerprint density at radius 3 is 2.79 bits per heavy atom. The Bertz CT molecular complexity index is 875. The van der Waals surface area contributed by atoms with E-state index < -0.39 is 16.2 Å². The van der Waals surface area contributed by atoms with E-state index in [1.54, 1.807) is 24.3 Å². The van der Waals surface area contributed by atoms with Gasteiger partial charge in [-0.1, -0.05) is 18.2 Å². The third kappa shape index (κ3) is 3.74. The standard InChI is InChI=1S/C15H15NO6S.Na.H/c1-21-9-12-8-16(15(17)22-12)11-5-6-13-10(7-11)3-2-4-14(13)23(18,19)20;;/h2-7,12H,8-9H2,1H3,(H,18,19,20);;/q;+1;-1. The van der Waals surface area contributed by atoms with E-state index in [1.165, 1.54) is 24.1 Å². The molecule has 24 heavy (non-hydrogen) atoms. The monoisotopic (exact) mass is 361 g/mol. The first-order valence-corrected chi connectivity index (χ1v) is 8.31. The summed E-state index contributed by atoms with van der Waals surface area (Å²) in [7, 11) is -2.78. The van der Waals surface area contributed by atoms with Crippen LogP contribution < -0.4 is 34.5 Å². The summed E-state index contributed by atoms with van der Waals surface area (Å²) in [5, 5.41) is 0.986. The first-order chi connectivity index (χ1) is 10.9. The topological polar surface area (TPSA) is 93.1 Å². The van der Waals surface area contributed by atoms with Crippen LogP contribution in [0.3, 0.4) is 0 Å². The van der Waals surface area contributed by atoms with E-state index in [0.29, 0.717) is 29.6 Å². The van der Waals surface area contributed by atoms with Crippen molar-refractivity contribution in [2.45, 2.75) is 11.0 Å². The maximum Gasteiger partial charge on any atom is 1.00 e. The normalized spacial score (nSPS) is 17.7. The van der Waals surface area contributed by atoms with E-state index in [4.69, 9.17) is 9.47 Å². The molecule has 3 rings (SSSR count). The maximum absolute atomic E-state index is 11.9. The first kappa shape index (κ1) is 19.2. The molecule has 1 N–H and O–H groups in total. The van der Waals surface area contributed by atoms with Gasteiger partial charge in [-0.2, -0.15) is 8.42 Å². The fourth-order valence-electron chi connectivity index (χ4n) is 2.64. The Balaban J connectivity index is 0.00000156. The van der Waals surface area contributed by atoms with Crippen LogP contribution in [0.2, 0.25) is 0 Å². The molecule has 1 aliphatic heterocycles. The number of carbonyl (C=O) groups is 1. The molecule has 2 aromatic carbocycles. The van der Waals surface area contributed by atoms with Crippen molar-refractivity contribution in [1.82, 2.24) is 0 Å². The minimum Gasteiger partial charge on any atom is -1.00 e.